The highest BCUT2D eigenvalue weighted by molar-refractivity contribution is 6.37. The van der Waals surface area contributed by atoms with Crippen LogP contribution in [0.1, 0.15) is 28.4 Å². The number of rotatable bonds is 4. The normalized spacial score (nSPS) is 14.3. The van der Waals surface area contributed by atoms with E-state index in [0.29, 0.717) is 11.1 Å². The summed E-state index contributed by atoms with van der Waals surface area (Å²) >= 11 is 0. The summed E-state index contributed by atoms with van der Waals surface area (Å²) in [4.78, 5) is 24.2. The molecule has 4 nitrogen and oxygen atoms in total. The Labute approximate surface area is 157 Å². The largest absolute Gasteiger partial charge is 0.354 e. The van der Waals surface area contributed by atoms with Crippen LogP contribution < -0.4 is 10.6 Å². The predicted molar refractivity (Wildman–Crippen MR) is 108 cm³/mol. The Bertz CT molecular complexity index is 1050. The summed E-state index contributed by atoms with van der Waals surface area (Å²) in [5.74, 6) is -0.116. The number of anilines is 2. The maximum absolute atomic E-state index is 12.7. The molecule has 0 fully saturated rings. The molecule has 1 aliphatic rings. The highest BCUT2D eigenvalue weighted by Crippen LogP contribution is 2.37. The molecule has 0 spiro atoms. The van der Waals surface area contributed by atoms with Gasteiger partial charge in [-0.2, -0.15) is 0 Å². The van der Waals surface area contributed by atoms with Gasteiger partial charge in [0.2, 0.25) is 0 Å². The van der Waals surface area contributed by atoms with E-state index in [1.807, 2.05) is 66.7 Å². The van der Waals surface area contributed by atoms with Crippen LogP contribution in [-0.4, -0.2) is 11.7 Å². The molecule has 2 N–H and O–H groups in total. The number of nitrogens with one attached hydrogen (secondary N) is 2. The molecule has 0 saturated carbocycles. The average molecular weight is 354 g/mol. The van der Waals surface area contributed by atoms with Crippen molar-refractivity contribution in [3.63, 3.8) is 0 Å². The van der Waals surface area contributed by atoms with E-state index in [1.165, 1.54) is 0 Å². The number of carbonyl (C=O) groups excluding carboxylic acids is 2. The maximum Gasteiger partial charge on any atom is 0.258 e. The van der Waals surface area contributed by atoms with Gasteiger partial charge in [-0.15, -0.1) is 0 Å². The first kappa shape index (κ1) is 16.8. The van der Waals surface area contributed by atoms with Crippen LogP contribution in [0.3, 0.4) is 0 Å². The molecular formula is C23H18N2O2. The first-order valence-electron chi connectivity index (χ1n) is 8.72. The fourth-order valence-corrected chi connectivity index (χ4v) is 3.18. The molecule has 0 atom stereocenters. The molecule has 0 aliphatic carbocycles. The van der Waals surface area contributed by atoms with Crippen LogP contribution in [0, 0.1) is 0 Å². The summed E-state index contributed by atoms with van der Waals surface area (Å²) in [7, 11) is 0. The van der Waals surface area contributed by atoms with Crippen LogP contribution >= 0.6 is 0 Å². The molecule has 3 aromatic rings. The number of carbonyl (C=O) groups is 2. The Hall–Kier alpha value is -3.66. The van der Waals surface area contributed by atoms with Gasteiger partial charge in [-0.3, -0.25) is 9.59 Å². The number of benzene rings is 3. The highest BCUT2D eigenvalue weighted by Gasteiger charge is 2.27. The molecule has 0 aromatic heterocycles. The molecule has 132 valence electrons. The van der Waals surface area contributed by atoms with E-state index in [2.05, 4.69) is 10.6 Å². The lowest BCUT2D eigenvalue weighted by Gasteiger charge is -2.15. The number of amides is 1. The fraction of sp³-hybridized carbons (Fsp3) is 0.0435. The topological polar surface area (TPSA) is 58.2 Å². The number of hydrogen-bond acceptors (Lipinski definition) is 3. The molecule has 0 saturated heterocycles. The summed E-state index contributed by atoms with van der Waals surface area (Å²) < 4.78 is 0. The van der Waals surface area contributed by atoms with Crippen molar-refractivity contribution in [3.05, 3.63) is 95.6 Å². The molecule has 0 unspecified atom stereocenters. The van der Waals surface area contributed by atoms with Crippen LogP contribution in [0.2, 0.25) is 0 Å². The zero-order valence-corrected chi connectivity index (χ0v) is 14.8. The predicted octanol–water partition coefficient (Wildman–Crippen LogP) is 4.82. The van der Waals surface area contributed by atoms with Gasteiger partial charge in [0, 0.05) is 22.5 Å². The number of ketones is 1. The summed E-state index contributed by atoms with van der Waals surface area (Å²) in [6.07, 6.45) is 0. The van der Waals surface area contributed by atoms with Crippen LogP contribution in [0.15, 0.2) is 78.9 Å². The number of fused-ring (bicyclic) bond motifs is 1. The minimum Gasteiger partial charge on any atom is -0.354 e. The van der Waals surface area contributed by atoms with Crippen molar-refractivity contribution < 1.29 is 9.59 Å². The zero-order chi connectivity index (χ0) is 18.8. The Morgan fingerprint density at radius 1 is 0.815 bits per heavy atom. The summed E-state index contributed by atoms with van der Waals surface area (Å²) in [6, 6.07) is 24.7. The standard InChI is InChI=1S/C23H18N2O2/c1-15(26)16-11-13-18(14-12-16)24-22(17-7-3-2-4-8-17)21-19-9-5-6-10-20(19)25-23(21)27/h2-14,24H,1H3,(H,25,27)/b22-21-. The third-order valence-electron chi connectivity index (χ3n) is 4.54. The van der Waals surface area contributed by atoms with Crippen molar-refractivity contribution >= 4 is 34.3 Å². The smallest absolute Gasteiger partial charge is 0.258 e. The minimum absolute atomic E-state index is 0.0206. The van der Waals surface area contributed by atoms with Gasteiger partial charge in [0.05, 0.1) is 11.3 Å². The lowest BCUT2D eigenvalue weighted by molar-refractivity contribution is -0.110. The number of Topliss-reactive ketones (excluding diaryl/α,β-unsaturated/α-hetero) is 1. The van der Waals surface area contributed by atoms with Crippen molar-refractivity contribution in [2.45, 2.75) is 6.92 Å². The van der Waals surface area contributed by atoms with E-state index in [9.17, 15) is 9.59 Å². The van der Waals surface area contributed by atoms with Crippen molar-refractivity contribution in [1.82, 2.24) is 0 Å². The third kappa shape index (κ3) is 3.25. The second-order valence-electron chi connectivity index (χ2n) is 6.37. The molecule has 0 radical (unpaired) electrons. The summed E-state index contributed by atoms with van der Waals surface area (Å²) in [5.41, 5.74) is 5.38. The molecule has 1 aliphatic heterocycles. The Morgan fingerprint density at radius 2 is 1.48 bits per heavy atom. The molecule has 1 heterocycles. The number of hydrogen-bond donors (Lipinski definition) is 2. The van der Waals surface area contributed by atoms with Crippen molar-refractivity contribution in [3.8, 4) is 0 Å². The van der Waals surface area contributed by atoms with E-state index < -0.39 is 0 Å². The van der Waals surface area contributed by atoms with Gasteiger partial charge in [-0.05, 0) is 42.8 Å². The molecular weight excluding hydrogens is 336 g/mol. The Morgan fingerprint density at radius 3 is 2.19 bits per heavy atom. The van der Waals surface area contributed by atoms with Crippen LogP contribution in [-0.2, 0) is 4.79 Å². The lowest BCUT2D eigenvalue weighted by atomic mass is 10.00. The van der Waals surface area contributed by atoms with Crippen LogP contribution in [0.4, 0.5) is 11.4 Å². The van der Waals surface area contributed by atoms with Crippen molar-refractivity contribution in [1.29, 1.82) is 0 Å². The minimum atomic E-state index is -0.136. The summed E-state index contributed by atoms with van der Waals surface area (Å²) in [5, 5.41) is 6.31. The maximum atomic E-state index is 12.7. The first-order valence-corrected chi connectivity index (χ1v) is 8.72. The van der Waals surface area contributed by atoms with Crippen LogP contribution in [0.5, 0.6) is 0 Å². The fourth-order valence-electron chi connectivity index (χ4n) is 3.18. The second kappa shape index (κ2) is 6.92. The summed E-state index contributed by atoms with van der Waals surface area (Å²) in [6.45, 7) is 1.54. The van der Waals surface area contributed by atoms with Crippen LogP contribution in [0.25, 0.3) is 11.3 Å². The van der Waals surface area contributed by atoms with Gasteiger partial charge >= 0.3 is 0 Å². The number of para-hydroxylation sites is 1. The van der Waals surface area contributed by atoms with Gasteiger partial charge in [0.15, 0.2) is 5.78 Å². The Kier molecular flexibility index (Phi) is 4.30. The molecule has 1 amide bonds. The van der Waals surface area contributed by atoms with Crippen molar-refractivity contribution in [2.24, 2.45) is 0 Å². The molecule has 0 bridgehead atoms. The molecule has 3 aromatic carbocycles. The quantitative estimate of drug-likeness (QED) is 0.521. The van der Waals surface area contributed by atoms with Gasteiger partial charge in [-0.1, -0.05) is 48.5 Å². The van der Waals surface area contributed by atoms with E-state index in [0.717, 1.165) is 28.2 Å². The van der Waals surface area contributed by atoms with Gasteiger partial charge in [0.25, 0.3) is 5.91 Å². The first-order chi connectivity index (χ1) is 13.1. The highest BCUT2D eigenvalue weighted by atomic mass is 16.2. The zero-order valence-electron chi connectivity index (χ0n) is 14.8. The van der Waals surface area contributed by atoms with Gasteiger partial charge in [-0.25, -0.2) is 0 Å². The second-order valence-corrected chi connectivity index (χ2v) is 6.37. The van der Waals surface area contributed by atoms with E-state index >= 15 is 0 Å². The lowest BCUT2D eigenvalue weighted by Crippen LogP contribution is -2.10. The molecule has 4 rings (SSSR count). The molecule has 27 heavy (non-hydrogen) atoms. The monoisotopic (exact) mass is 354 g/mol. The van der Waals surface area contributed by atoms with Gasteiger partial charge < -0.3 is 10.6 Å². The average Bonchev–Trinajstić information content (AvgIpc) is 3.03. The Balaban J connectivity index is 1.84. The van der Waals surface area contributed by atoms with E-state index in [-0.39, 0.29) is 11.7 Å². The molecule has 4 heteroatoms. The van der Waals surface area contributed by atoms with Gasteiger partial charge in [0.1, 0.15) is 0 Å². The SMILES string of the molecule is CC(=O)c1ccc(N/C(=C2\C(=O)Nc3ccccc32)c2ccccc2)cc1. The van der Waals surface area contributed by atoms with E-state index in [4.69, 9.17) is 0 Å². The third-order valence-corrected chi connectivity index (χ3v) is 4.54. The van der Waals surface area contributed by atoms with Crippen molar-refractivity contribution in [2.75, 3.05) is 10.6 Å². The van der Waals surface area contributed by atoms with E-state index in [1.54, 1.807) is 19.1 Å².